The Bertz CT molecular complexity index is 649. The first-order valence-corrected chi connectivity index (χ1v) is 7.15. The summed E-state index contributed by atoms with van der Waals surface area (Å²) in [6.07, 6.45) is 1.97. The summed E-state index contributed by atoms with van der Waals surface area (Å²) in [4.78, 5) is 3.83. The van der Waals surface area contributed by atoms with Gasteiger partial charge in [-0.3, -0.25) is 0 Å². The van der Waals surface area contributed by atoms with Crippen LogP contribution in [0.25, 0.3) is 11.4 Å². The lowest BCUT2D eigenvalue weighted by atomic mass is 9.93. The Hall–Kier alpha value is -2.03. The van der Waals surface area contributed by atoms with Gasteiger partial charge in [0.25, 0.3) is 5.89 Å². The first-order valence-electron chi connectivity index (χ1n) is 7.15. The summed E-state index contributed by atoms with van der Waals surface area (Å²) >= 11 is 0. The number of nitrogen functional groups attached to an aromatic ring is 1. The van der Waals surface area contributed by atoms with Crippen molar-refractivity contribution in [3.05, 3.63) is 12.1 Å². The van der Waals surface area contributed by atoms with Gasteiger partial charge in [-0.1, -0.05) is 5.16 Å². The number of nitrogens with two attached hydrogens (primary N) is 1. The van der Waals surface area contributed by atoms with Gasteiger partial charge in [-0.25, -0.2) is 4.68 Å². The molecule has 0 aromatic carbocycles. The van der Waals surface area contributed by atoms with Crippen molar-refractivity contribution < 1.29 is 18.0 Å². The minimum atomic E-state index is -3.18. The molecule has 2 aromatic rings. The van der Waals surface area contributed by atoms with Crippen LogP contribution in [0.4, 0.5) is 14.6 Å². The molecule has 2 aromatic heterocycles. The Morgan fingerprint density at radius 1 is 1.41 bits per heavy atom. The third-order valence-electron chi connectivity index (χ3n) is 3.87. The fourth-order valence-electron chi connectivity index (χ4n) is 2.52. The molecule has 1 aliphatic heterocycles. The molecule has 0 saturated carbocycles. The van der Waals surface area contributed by atoms with E-state index in [9.17, 15) is 8.78 Å². The first kappa shape index (κ1) is 14.9. The van der Waals surface area contributed by atoms with E-state index in [4.69, 9.17) is 15.0 Å². The van der Waals surface area contributed by atoms with Crippen LogP contribution in [0.3, 0.4) is 0 Å². The van der Waals surface area contributed by atoms with Crippen LogP contribution >= 0.6 is 0 Å². The molecule has 0 unspecified atom stereocenters. The molecule has 0 radical (unpaired) electrons. The number of rotatable bonds is 4. The number of anilines is 1. The largest absolute Gasteiger partial charge is 0.383 e. The topological polar surface area (TPSA) is 92.0 Å². The van der Waals surface area contributed by atoms with E-state index in [0.29, 0.717) is 31.1 Å². The monoisotopic (exact) mass is 313 g/mol. The highest BCUT2D eigenvalue weighted by molar-refractivity contribution is 5.67. The maximum Gasteiger partial charge on any atom is 0.328 e. The molecule has 1 fully saturated rings. The lowest BCUT2D eigenvalue weighted by Gasteiger charge is -2.27. The Balaban J connectivity index is 1.87. The van der Waals surface area contributed by atoms with Crippen molar-refractivity contribution >= 4 is 5.82 Å². The highest BCUT2D eigenvalue weighted by Gasteiger charge is 2.47. The molecule has 0 atom stereocenters. The quantitative estimate of drug-likeness (QED) is 0.929. The van der Waals surface area contributed by atoms with E-state index in [-0.39, 0.29) is 18.7 Å². The SMILES string of the molecule is CCn1ncc(-c2noc(C(F)(F)C3CCOCC3)n2)c1N. The van der Waals surface area contributed by atoms with E-state index in [0.717, 1.165) is 0 Å². The normalized spacial score (nSPS) is 17.0. The third kappa shape index (κ3) is 2.45. The summed E-state index contributed by atoms with van der Waals surface area (Å²) in [7, 11) is 0. The van der Waals surface area contributed by atoms with Gasteiger partial charge in [0.2, 0.25) is 5.82 Å². The van der Waals surface area contributed by atoms with Gasteiger partial charge in [-0.15, -0.1) is 0 Å². The predicted molar refractivity (Wildman–Crippen MR) is 73.0 cm³/mol. The highest BCUT2D eigenvalue weighted by Crippen LogP contribution is 2.41. The summed E-state index contributed by atoms with van der Waals surface area (Å²) in [5, 5.41) is 7.66. The van der Waals surface area contributed by atoms with Crippen LogP contribution in [0.1, 0.15) is 25.7 Å². The Morgan fingerprint density at radius 2 is 2.14 bits per heavy atom. The van der Waals surface area contributed by atoms with Gasteiger partial charge in [0.1, 0.15) is 5.82 Å². The molecule has 2 N–H and O–H groups in total. The Labute approximate surface area is 125 Å². The fraction of sp³-hybridized carbons (Fsp3) is 0.615. The number of ether oxygens (including phenoxy) is 1. The van der Waals surface area contributed by atoms with E-state index in [1.54, 1.807) is 0 Å². The minimum absolute atomic E-state index is 0.0268. The fourth-order valence-corrected chi connectivity index (χ4v) is 2.52. The third-order valence-corrected chi connectivity index (χ3v) is 3.87. The van der Waals surface area contributed by atoms with Crippen molar-refractivity contribution in [2.24, 2.45) is 5.92 Å². The lowest BCUT2D eigenvalue weighted by Crippen LogP contribution is -2.31. The van der Waals surface area contributed by atoms with Gasteiger partial charge in [0.15, 0.2) is 0 Å². The van der Waals surface area contributed by atoms with Gasteiger partial charge in [0, 0.05) is 25.7 Å². The van der Waals surface area contributed by atoms with Crippen molar-refractivity contribution in [3.63, 3.8) is 0 Å². The van der Waals surface area contributed by atoms with Crippen LogP contribution in [-0.2, 0) is 17.2 Å². The van der Waals surface area contributed by atoms with Crippen LogP contribution in [-0.4, -0.2) is 33.1 Å². The number of halogens is 2. The molecule has 0 aliphatic carbocycles. The molecule has 0 amide bonds. The van der Waals surface area contributed by atoms with Gasteiger partial charge >= 0.3 is 5.92 Å². The molecule has 3 rings (SSSR count). The highest BCUT2D eigenvalue weighted by atomic mass is 19.3. The average molecular weight is 313 g/mol. The molecule has 1 saturated heterocycles. The van der Waals surface area contributed by atoms with Crippen LogP contribution in [0.15, 0.2) is 10.7 Å². The van der Waals surface area contributed by atoms with E-state index in [1.165, 1.54) is 10.9 Å². The van der Waals surface area contributed by atoms with Crippen LogP contribution in [0.2, 0.25) is 0 Å². The zero-order valence-electron chi connectivity index (χ0n) is 12.1. The second kappa shape index (κ2) is 5.64. The molecule has 120 valence electrons. The molecule has 22 heavy (non-hydrogen) atoms. The number of alkyl halides is 2. The van der Waals surface area contributed by atoms with Crippen molar-refractivity contribution in [1.82, 2.24) is 19.9 Å². The molecule has 1 aliphatic rings. The lowest BCUT2D eigenvalue weighted by molar-refractivity contribution is -0.121. The maximum atomic E-state index is 14.4. The zero-order chi connectivity index (χ0) is 15.7. The number of hydrogen-bond donors (Lipinski definition) is 1. The number of nitrogens with zero attached hydrogens (tertiary/aromatic N) is 4. The van der Waals surface area contributed by atoms with Gasteiger partial charge < -0.3 is 15.0 Å². The van der Waals surface area contributed by atoms with E-state index < -0.39 is 17.7 Å². The number of aromatic nitrogens is 4. The minimum Gasteiger partial charge on any atom is -0.383 e. The summed E-state index contributed by atoms with van der Waals surface area (Å²) in [6, 6.07) is 0. The average Bonchev–Trinajstić information content (AvgIpc) is 3.15. The summed E-state index contributed by atoms with van der Waals surface area (Å²) < 4.78 is 40.3. The molecule has 7 nitrogen and oxygen atoms in total. The predicted octanol–water partition coefficient (Wildman–Crippen LogP) is 2.05. The van der Waals surface area contributed by atoms with Gasteiger partial charge in [-0.2, -0.15) is 18.9 Å². The van der Waals surface area contributed by atoms with Crippen molar-refractivity contribution in [1.29, 1.82) is 0 Å². The van der Waals surface area contributed by atoms with Crippen molar-refractivity contribution in [2.45, 2.75) is 32.2 Å². The standard InChI is InChI=1S/C13H17F2N5O2/c1-2-20-10(16)9(7-17-20)11-18-12(22-19-11)13(14,15)8-3-5-21-6-4-8/h7-8H,2-6,16H2,1H3. The molecular weight excluding hydrogens is 296 g/mol. The second-order valence-electron chi connectivity index (χ2n) is 5.19. The van der Waals surface area contributed by atoms with E-state index in [1.807, 2.05) is 6.92 Å². The van der Waals surface area contributed by atoms with Crippen LogP contribution in [0.5, 0.6) is 0 Å². The van der Waals surface area contributed by atoms with Crippen LogP contribution < -0.4 is 5.73 Å². The van der Waals surface area contributed by atoms with E-state index >= 15 is 0 Å². The van der Waals surface area contributed by atoms with Crippen molar-refractivity contribution in [2.75, 3.05) is 18.9 Å². The molecule has 0 spiro atoms. The molecule has 9 heteroatoms. The maximum absolute atomic E-state index is 14.4. The number of hydrogen-bond acceptors (Lipinski definition) is 6. The summed E-state index contributed by atoms with van der Waals surface area (Å²) in [6.45, 7) is 3.07. The molecular formula is C13H17F2N5O2. The van der Waals surface area contributed by atoms with Crippen molar-refractivity contribution in [3.8, 4) is 11.4 Å². The van der Waals surface area contributed by atoms with E-state index in [2.05, 4.69) is 15.2 Å². The summed E-state index contributed by atoms with van der Waals surface area (Å²) in [5.74, 6) is -4.36. The Kier molecular flexibility index (Phi) is 3.81. The molecule has 3 heterocycles. The summed E-state index contributed by atoms with van der Waals surface area (Å²) in [5.41, 5.74) is 6.27. The Morgan fingerprint density at radius 3 is 2.77 bits per heavy atom. The second-order valence-corrected chi connectivity index (χ2v) is 5.19. The van der Waals surface area contributed by atoms with Gasteiger partial charge in [-0.05, 0) is 19.8 Å². The van der Waals surface area contributed by atoms with Crippen LogP contribution in [0, 0.1) is 5.92 Å². The smallest absolute Gasteiger partial charge is 0.328 e. The van der Waals surface area contributed by atoms with Gasteiger partial charge in [0.05, 0.1) is 11.8 Å². The zero-order valence-corrected chi connectivity index (χ0v) is 12.1. The number of aryl methyl sites for hydroxylation is 1. The molecule has 0 bridgehead atoms. The first-order chi connectivity index (χ1) is 10.5.